The first-order valence-electron chi connectivity index (χ1n) is 15.0. The molecule has 46 heavy (non-hydrogen) atoms. The van der Waals surface area contributed by atoms with Crippen LogP contribution in [0, 0.1) is 11.8 Å². The number of hydrogen-bond donors (Lipinski definition) is 3. The second-order valence-electron chi connectivity index (χ2n) is 12.5. The number of hydrogen-bond acceptors (Lipinski definition) is 8. The molecule has 2 saturated heterocycles. The number of nitrogens with one attached hydrogen (secondary N) is 2. The fourth-order valence-electron chi connectivity index (χ4n) is 5.75. The molecule has 3 aliphatic heterocycles. The van der Waals surface area contributed by atoms with Crippen LogP contribution >= 0.6 is 0 Å². The van der Waals surface area contributed by atoms with Crippen molar-refractivity contribution in [2.24, 2.45) is 0 Å². The lowest BCUT2D eigenvalue weighted by Gasteiger charge is -2.28. The Morgan fingerprint density at radius 2 is 1.78 bits per heavy atom. The Hall–Kier alpha value is -5.09. The average Bonchev–Trinajstić information content (AvgIpc) is 3.31. The predicted molar refractivity (Wildman–Crippen MR) is 165 cm³/mol. The third kappa shape index (κ3) is 6.92. The summed E-state index contributed by atoms with van der Waals surface area (Å²) in [6.07, 6.45) is 0.161. The van der Waals surface area contributed by atoms with Crippen molar-refractivity contribution in [1.29, 1.82) is 0 Å². The van der Waals surface area contributed by atoms with E-state index in [1.54, 1.807) is 68.1 Å². The Labute approximate surface area is 266 Å². The van der Waals surface area contributed by atoms with Crippen LogP contribution in [0.25, 0.3) is 0 Å². The lowest BCUT2D eigenvalue weighted by molar-refractivity contribution is -0.143. The lowest BCUT2D eigenvalue weighted by atomic mass is 9.98. The van der Waals surface area contributed by atoms with Crippen molar-refractivity contribution in [2.75, 3.05) is 39.8 Å². The topological polar surface area (TPSA) is 158 Å². The van der Waals surface area contributed by atoms with Gasteiger partial charge in [0.15, 0.2) is 0 Å². The molecule has 2 unspecified atom stereocenters. The summed E-state index contributed by atoms with van der Waals surface area (Å²) in [5, 5.41) is 15.0. The first-order chi connectivity index (χ1) is 21.8. The molecule has 0 aliphatic carbocycles. The van der Waals surface area contributed by atoms with Crippen LogP contribution in [0.3, 0.4) is 0 Å². The number of rotatable bonds is 6. The monoisotopic (exact) mass is 631 g/mol. The number of carbonyl (C=O) groups excluding carboxylic acids is 4. The van der Waals surface area contributed by atoms with Crippen LogP contribution in [0.15, 0.2) is 42.5 Å². The molecule has 0 spiro atoms. The normalized spacial score (nSPS) is 20.6. The minimum absolute atomic E-state index is 0.179. The Bertz CT molecular complexity index is 1620. The van der Waals surface area contributed by atoms with E-state index in [0.29, 0.717) is 55.0 Å². The Kier molecular flexibility index (Phi) is 8.94. The summed E-state index contributed by atoms with van der Waals surface area (Å²) in [6.45, 7) is 7.07. The Morgan fingerprint density at radius 1 is 1.04 bits per heavy atom. The van der Waals surface area contributed by atoms with Crippen LogP contribution < -0.4 is 15.4 Å². The molecule has 13 nitrogen and oxygen atoms in total. The molecule has 13 heteroatoms. The van der Waals surface area contributed by atoms with Crippen molar-refractivity contribution >= 4 is 29.9 Å². The zero-order valence-corrected chi connectivity index (χ0v) is 26.2. The van der Waals surface area contributed by atoms with E-state index in [-0.39, 0.29) is 19.0 Å². The van der Waals surface area contributed by atoms with Crippen molar-refractivity contribution in [1.82, 2.24) is 25.3 Å². The molecule has 2 atom stereocenters. The molecule has 0 radical (unpaired) electrons. The first-order valence-corrected chi connectivity index (χ1v) is 15.0. The number of benzene rings is 2. The van der Waals surface area contributed by atoms with E-state index < -0.39 is 41.2 Å². The summed E-state index contributed by atoms with van der Waals surface area (Å²) in [6, 6.07) is 10.1. The second-order valence-corrected chi connectivity index (χ2v) is 12.5. The average molecular weight is 632 g/mol. The van der Waals surface area contributed by atoms with Gasteiger partial charge in [0.05, 0.1) is 13.7 Å². The highest BCUT2D eigenvalue weighted by Crippen LogP contribution is 2.29. The molecule has 2 fully saturated rings. The molecule has 0 aromatic heterocycles. The van der Waals surface area contributed by atoms with E-state index in [1.165, 1.54) is 12.0 Å². The summed E-state index contributed by atoms with van der Waals surface area (Å²) in [7, 11) is 1.51. The summed E-state index contributed by atoms with van der Waals surface area (Å²) in [5.41, 5.74) is -0.0826. The molecule has 3 heterocycles. The van der Waals surface area contributed by atoms with E-state index in [0.717, 1.165) is 5.56 Å². The smallest absolute Gasteiger partial charge is 0.410 e. The largest absolute Gasteiger partial charge is 0.497 e. The van der Waals surface area contributed by atoms with Gasteiger partial charge in [-0.05, 0) is 62.6 Å². The number of imide groups is 1. The van der Waals surface area contributed by atoms with Crippen molar-refractivity contribution in [3.05, 3.63) is 64.7 Å². The summed E-state index contributed by atoms with van der Waals surface area (Å²) in [4.78, 5) is 68.2. The maximum Gasteiger partial charge on any atom is 0.410 e. The maximum absolute atomic E-state index is 13.2. The van der Waals surface area contributed by atoms with Crippen molar-refractivity contribution in [2.45, 2.75) is 50.9 Å². The molecule has 5 rings (SSSR count). The molecular formula is C33H37N5O8. The van der Waals surface area contributed by atoms with Crippen LogP contribution in [0.1, 0.15) is 60.3 Å². The van der Waals surface area contributed by atoms with Gasteiger partial charge < -0.3 is 29.7 Å². The van der Waals surface area contributed by atoms with Crippen LogP contribution in [0.4, 0.5) is 9.59 Å². The highest BCUT2D eigenvalue weighted by Gasteiger charge is 2.48. The van der Waals surface area contributed by atoms with Crippen LogP contribution in [-0.2, 0) is 20.9 Å². The van der Waals surface area contributed by atoms with Gasteiger partial charge in [0.1, 0.15) is 17.4 Å². The minimum atomic E-state index is -1.69. The number of methoxy groups -OCH3 is 1. The van der Waals surface area contributed by atoms with Gasteiger partial charge in [0.2, 0.25) is 5.54 Å². The molecule has 3 N–H and O–H groups in total. The third-order valence-electron chi connectivity index (χ3n) is 7.99. The fraction of sp³-hybridized carbons (Fsp3) is 0.424. The highest BCUT2D eigenvalue weighted by molar-refractivity contribution is 6.10. The van der Waals surface area contributed by atoms with Gasteiger partial charge in [0, 0.05) is 43.9 Å². The quantitative estimate of drug-likeness (QED) is 0.322. The highest BCUT2D eigenvalue weighted by atomic mass is 16.6. The van der Waals surface area contributed by atoms with Crippen molar-refractivity contribution in [3.8, 4) is 17.6 Å². The first kappa shape index (κ1) is 32.3. The van der Waals surface area contributed by atoms with Gasteiger partial charge in [-0.1, -0.05) is 30.0 Å². The minimum Gasteiger partial charge on any atom is -0.497 e. The summed E-state index contributed by atoms with van der Waals surface area (Å²) >= 11 is 0. The van der Waals surface area contributed by atoms with E-state index in [9.17, 15) is 29.1 Å². The zero-order chi connectivity index (χ0) is 33.2. The van der Waals surface area contributed by atoms with Gasteiger partial charge in [0.25, 0.3) is 11.8 Å². The number of aliphatic carboxylic acids is 1. The summed E-state index contributed by atoms with van der Waals surface area (Å²) < 4.78 is 10.7. The number of carboxylic acids is 1. The number of fused-ring (bicyclic) bond motifs is 1. The van der Waals surface area contributed by atoms with Gasteiger partial charge in [-0.2, -0.15) is 0 Å². The number of nitrogens with zero attached hydrogens (tertiary/aromatic N) is 3. The van der Waals surface area contributed by atoms with Gasteiger partial charge in [-0.3, -0.25) is 24.6 Å². The SMILES string of the molecule is COc1ccc2c(c1)C(=O)N(CC1(C#Cc3ccc(C(C(=O)O)N4CCCN(C(=O)OC(C)(C)C)CC4)cc3)NC(=O)NC1=O)C2. The van der Waals surface area contributed by atoms with Crippen molar-refractivity contribution < 1.29 is 38.6 Å². The van der Waals surface area contributed by atoms with Crippen LogP contribution in [0.5, 0.6) is 5.75 Å². The Balaban J connectivity index is 1.31. The van der Waals surface area contributed by atoms with Gasteiger partial charge >= 0.3 is 18.1 Å². The standard InChI is InChI=1S/C33H37N5O8/c1-32(2,3)46-31(44)37-15-5-14-36(16-17-37)26(28(40)41)22-8-6-21(7-9-22)12-13-33(29(42)34-30(43)35-33)20-38-19-23-10-11-24(45-4)18-25(23)27(38)39/h6-11,18,26H,5,14-17,19-20H2,1-4H3,(H,40,41)(H2,34,35,42,43). The molecule has 3 aliphatic rings. The van der Waals surface area contributed by atoms with Crippen molar-refractivity contribution in [3.63, 3.8) is 0 Å². The van der Waals surface area contributed by atoms with E-state index >= 15 is 0 Å². The number of carboxylic acid groups (broad SMARTS) is 1. The van der Waals surface area contributed by atoms with E-state index in [4.69, 9.17) is 9.47 Å². The molecule has 242 valence electrons. The number of urea groups is 1. The lowest BCUT2D eigenvalue weighted by Crippen LogP contribution is -2.54. The number of ether oxygens (including phenoxy) is 2. The predicted octanol–water partition coefficient (Wildman–Crippen LogP) is 2.35. The van der Waals surface area contributed by atoms with Gasteiger partial charge in [-0.15, -0.1) is 0 Å². The Morgan fingerprint density at radius 3 is 2.41 bits per heavy atom. The number of amides is 5. The molecule has 2 aromatic rings. The third-order valence-corrected chi connectivity index (χ3v) is 7.99. The molecule has 0 saturated carbocycles. The number of carbonyl (C=O) groups is 5. The molecule has 2 aromatic carbocycles. The second kappa shape index (κ2) is 12.7. The molecular weight excluding hydrogens is 594 g/mol. The van der Waals surface area contributed by atoms with Gasteiger partial charge in [-0.25, -0.2) is 9.59 Å². The van der Waals surface area contributed by atoms with Crippen LogP contribution in [-0.4, -0.2) is 101 Å². The molecule has 5 amide bonds. The fourth-order valence-corrected chi connectivity index (χ4v) is 5.75. The van der Waals surface area contributed by atoms with Crippen LogP contribution in [0.2, 0.25) is 0 Å². The van der Waals surface area contributed by atoms with E-state index in [2.05, 4.69) is 22.5 Å². The maximum atomic E-state index is 13.2. The zero-order valence-electron chi connectivity index (χ0n) is 26.2. The summed E-state index contributed by atoms with van der Waals surface area (Å²) in [5.74, 6) is 4.32. The molecule has 0 bridgehead atoms. The van der Waals surface area contributed by atoms with E-state index in [1.807, 2.05) is 4.90 Å².